The number of anilines is 1. The minimum Gasteiger partial charge on any atom is -0.480 e. The largest absolute Gasteiger partial charge is 0.480 e. The second kappa shape index (κ2) is 5.12. The van der Waals surface area contributed by atoms with Gasteiger partial charge in [0.2, 0.25) is 0 Å². The first-order chi connectivity index (χ1) is 7.93. The lowest BCUT2D eigenvalue weighted by Crippen LogP contribution is -2.45. The lowest BCUT2D eigenvalue weighted by atomic mass is 9.92. The van der Waals surface area contributed by atoms with Crippen LogP contribution in [0.15, 0.2) is 18.2 Å². The van der Waals surface area contributed by atoms with E-state index in [0.29, 0.717) is 12.8 Å². The fourth-order valence-corrected chi connectivity index (χ4v) is 1.68. The molecule has 94 valence electrons. The van der Waals surface area contributed by atoms with Gasteiger partial charge in [-0.3, -0.25) is 0 Å². The Morgan fingerprint density at radius 2 is 1.71 bits per heavy atom. The Morgan fingerprint density at radius 1 is 1.24 bits per heavy atom. The van der Waals surface area contributed by atoms with E-state index < -0.39 is 23.1 Å². The molecule has 0 radical (unpaired) electrons. The molecule has 1 aromatic rings. The number of nitrogens with one attached hydrogen (secondary N) is 1. The van der Waals surface area contributed by atoms with Gasteiger partial charge in [-0.1, -0.05) is 13.8 Å². The Hall–Kier alpha value is -1.65. The van der Waals surface area contributed by atoms with Gasteiger partial charge in [0.1, 0.15) is 17.2 Å². The van der Waals surface area contributed by atoms with E-state index in [-0.39, 0.29) is 5.69 Å². The van der Waals surface area contributed by atoms with Crippen molar-refractivity contribution in [2.24, 2.45) is 0 Å². The Morgan fingerprint density at radius 3 is 2.06 bits per heavy atom. The van der Waals surface area contributed by atoms with E-state index >= 15 is 0 Å². The molecule has 17 heavy (non-hydrogen) atoms. The zero-order chi connectivity index (χ0) is 13.1. The lowest BCUT2D eigenvalue weighted by Gasteiger charge is -2.29. The number of hydrogen-bond donors (Lipinski definition) is 2. The van der Waals surface area contributed by atoms with Crippen LogP contribution in [-0.4, -0.2) is 16.6 Å². The molecule has 0 fully saturated rings. The van der Waals surface area contributed by atoms with Gasteiger partial charge in [0.15, 0.2) is 0 Å². The van der Waals surface area contributed by atoms with Crippen LogP contribution in [0.3, 0.4) is 0 Å². The van der Waals surface area contributed by atoms with Gasteiger partial charge in [-0.25, -0.2) is 13.6 Å². The van der Waals surface area contributed by atoms with Crippen molar-refractivity contribution >= 4 is 11.7 Å². The Balaban J connectivity index is 3.05. The molecule has 0 unspecified atom stereocenters. The van der Waals surface area contributed by atoms with Gasteiger partial charge in [-0.2, -0.15) is 0 Å². The third kappa shape index (κ3) is 2.93. The van der Waals surface area contributed by atoms with E-state index in [1.54, 1.807) is 13.8 Å². The first-order valence-corrected chi connectivity index (χ1v) is 5.41. The Bertz CT molecular complexity index is 397. The average molecular weight is 243 g/mol. The minimum absolute atomic E-state index is 0.133. The molecular formula is C12H15F2NO2. The number of carbonyl (C=O) groups is 1. The van der Waals surface area contributed by atoms with Gasteiger partial charge >= 0.3 is 5.97 Å². The molecule has 0 heterocycles. The molecule has 0 saturated carbocycles. The highest BCUT2D eigenvalue weighted by molar-refractivity contribution is 5.82. The monoisotopic (exact) mass is 243 g/mol. The van der Waals surface area contributed by atoms with Gasteiger partial charge in [0.05, 0.1) is 0 Å². The molecule has 0 aliphatic rings. The van der Waals surface area contributed by atoms with E-state index in [1.165, 1.54) is 0 Å². The van der Waals surface area contributed by atoms with Gasteiger partial charge in [-0.05, 0) is 25.0 Å². The molecule has 1 rings (SSSR count). The smallest absolute Gasteiger partial charge is 0.329 e. The average Bonchev–Trinajstić information content (AvgIpc) is 2.24. The molecule has 0 amide bonds. The third-order valence-corrected chi connectivity index (χ3v) is 2.86. The predicted molar refractivity (Wildman–Crippen MR) is 60.9 cm³/mol. The van der Waals surface area contributed by atoms with Crippen LogP contribution in [0, 0.1) is 11.6 Å². The summed E-state index contributed by atoms with van der Waals surface area (Å²) in [6.45, 7) is 3.42. The quantitative estimate of drug-likeness (QED) is 0.835. The van der Waals surface area contributed by atoms with Crippen LogP contribution in [0.5, 0.6) is 0 Å². The van der Waals surface area contributed by atoms with Crippen molar-refractivity contribution in [3.63, 3.8) is 0 Å². The standard InChI is InChI=1S/C12H15F2NO2/c1-3-12(4-2,11(16)17)15-10-6-8(13)5-9(14)7-10/h5-7,15H,3-4H2,1-2H3,(H,16,17). The number of carboxylic acid groups (broad SMARTS) is 1. The van der Waals surface area contributed by atoms with E-state index in [4.69, 9.17) is 0 Å². The van der Waals surface area contributed by atoms with Crippen LogP contribution in [0.25, 0.3) is 0 Å². The summed E-state index contributed by atoms with van der Waals surface area (Å²) >= 11 is 0. The minimum atomic E-state index is -1.19. The fourth-order valence-electron chi connectivity index (χ4n) is 1.68. The zero-order valence-corrected chi connectivity index (χ0v) is 9.76. The van der Waals surface area contributed by atoms with E-state index in [0.717, 1.165) is 18.2 Å². The number of carboxylic acids is 1. The molecule has 0 aliphatic heterocycles. The molecule has 0 aliphatic carbocycles. The van der Waals surface area contributed by atoms with Crippen molar-refractivity contribution in [1.29, 1.82) is 0 Å². The van der Waals surface area contributed by atoms with Crippen LogP contribution in [-0.2, 0) is 4.79 Å². The van der Waals surface area contributed by atoms with Crippen molar-refractivity contribution in [3.05, 3.63) is 29.8 Å². The van der Waals surface area contributed by atoms with Crippen LogP contribution in [0.2, 0.25) is 0 Å². The van der Waals surface area contributed by atoms with Crippen molar-refractivity contribution in [1.82, 2.24) is 0 Å². The molecule has 3 nitrogen and oxygen atoms in total. The van der Waals surface area contributed by atoms with Crippen LogP contribution < -0.4 is 5.32 Å². The molecule has 0 saturated heterocycles. The zero-order valence-electron chi connectivity index (χ0n) is 9.76. The number of aliphatic carboxylic acids is 1. The van der Waals surface area contributed by atoms with E-state index in [1.807, 2.05) is 0 Å². The highest BCUT2D eigenvalue weighted by atomic mass is 19.1. The second-order valence-electron chi connectivity index (χ2n) is 3.88. The highest BCUT2D eigenvalue weighted by Gasteiger charge is 2.34. The molecule has 0 spiro atoms. The topological polar surface area (TPSA) is 49.3 Å². The molecule has 2 N–H and O–H groups in total. The summed E-state index contributed by atoms with van der Waals surface area (Å²) in [5.41, 5.74) is -1.06. The maximum atomic E-state index is 13.0. The van der Waals surface area contributed by atoms with E-state index in [2.05, 4.69) is 5.32 Å². The summed E-state index contributed by atoms with van der Waals surface area (Å²) in [6.07, 6.45) is 0.633. The third-order valence-electron chi connectivity index (χ3n) is 2.86. The van der Waals surface area contributed by atoms with Crippen molar-refractivity contribution in [2.45, 2.75) is 32.2 Å². The maximum Gasteiger partial charge on any atom is 0.329 e. The summed E-state index contributed by atoms with van der Waals surface area (Å²) < 4.78 is 26.0. The summed E-state index contributed by atoms with van der Waals surface area (Å²) in [5.74, 6) is -2.51. The number of rotatable bonds is 5. The van der Waals surface area contributed by atoms with Gasteiger partial charge in [0, 0.05) is 11.8 Å². The molecule has 1 aromatic carbocycles. The van der Waals surface area contributed by atoms with Gasteiger partial charge in [-0.15, -0.1) is 0 Å². The molecule has 0 atom stereocenters. The van der Waals surface area contributed by atoms with Gasteiger partial charge in [0.25, 0.3) is 0 Å². The first-order valence-electron chi connectivity index (χ1n) is 5.41. The van der Waals surface area contributed by atoms with Crippen molar-refractivity contribution in [2.75, 3.05) is 5.32 Å². The molecule has 5 heteroatoms. The number of halogens is 2. The summed E-state index contributed by atoms with van der Waals surface area (Å²) in [6, 6.07) is 2.89. The van der Waals surface area contributed by atoms with Crippen LogP contribution in [0.4, 0.5) is 14.5 Å². The normalized spacial score (nSPS) is 11.3. The lowest BCUT2D eigenvalue weighted by molar-refractivity contribution is -0.142. The van der Waals surface area contributed by atoms with Crippen molar-refractivity contribution < 1.29 is 18.7 Å². The fraction of sp³-hybridized carbons (Fsp3) is 0.417. The SMILES string of the molecule is CCC(CC)(Nc1cc(F)cc(F)c1)C(=O)O. The summed E-state index contributed by atoms with van der Waals surface area (Å²) in [5, 5.41) is 11.9. The highest BCUT2D eigenvalue weighted by Crippen LogP contribution is 2.24. The Kier molecular flexibility index (Phi) is 4.04. The first kappa shape index (κ1) is 13.4. The number of hydrogen-bond acceptors (Lipinski definition) is 2. The Labute approximate surface area is 98.5 Å². The molecule has 0 bridgehead atoms. The summed E-state index contributed by atoms with van der Waals surface area (Å²) in [4.78, 5) is 11.2. The second-order valence-corrected chi connectivity index (χ2v) is 3.88. The van der Waals surface area contributed by atoms with Gasteiger partial charge < -0.3 is 10.4 Å². The van der Waals surface area contributed by atoms with E-state index in [9.17, 15) is 18.7 Å². The summed E-state index contributed by atoms with van der Waals surface area (Å²) in [7, 11) is 0. The predicted octanol–water partition coefficient (Wildman–Crippen LogP) is 3.02. The number of benzene rings is 1. The van der Waals surface area contributed by atoms with Crippen LogP contribution in [0.1, 0.15) is 26.7 Å². The van der Waals surface area contributed by atoms with Crippen LogP contribution >= 0.6 is 0 Å². The maximum absolute atomic E-state index is 13.0. The molecule has 0 aromatic heterocycles. The molecular weight excluding hydrogens is 228 g/mol. The van der Waals surface area contributed by atoms with Crippen molar-refractivity contribution in [3.8, 4) is 0 Å².